The Labute approximate surface area is 137 Å². The molecule has 116 valence electrons. The lowest BCUT2D eigenvalue weighted by atomic mass is 10.0. The van der Waals surface area contributed by atoms with Gasteiger partial charge in [-0.1, -0.05) is 0 Å². The fourth-order valence-electron chi connectivity index (χ4n) is 2.07. The number of halogens is 1. The Hall–Kier alpha value is -3.52. The van der Waals surface area contributed by atoms with Crippen LogP contribution in [0.15, 0.2) is 66.9 Å². The minimum atomic E-state index is -0.384. The number of hydrogen-bond donors (Lipinski definition) is 0. The van der Waals surface area contributed by atoms with Crippen molar-refractivity contribution in [2.45, 2.75) is 0 Å². The standard InChI is InChI=1S/C19H11FN2O2/c20-16-6-2-14(3-7-16)19(23)15-4-8-17(9-5-15)24-18-10-1-13(11-21)12-22-18/h1-10,12H. The van der Waals surface area contributed by atoms with Crippen LogP contribution in [0.4, 0.5) is 4.39 Å². The number of carbonyl (C=O) groups is 1. The van der Waals surface area contributed by atoms with Crippen molar-refractivity contribution in [3.63, 3.8) is 0 Å². The van der Waals surface area contributed by atoms with Crippen LogP contribution in [-0.2, 0) is 0 Å². The Morgan fingerprint density at radius 1 is 0.958 bits per heavy atom. The molecule has 0 bridgehead atoms. The van der Waals surface area contributed by atoms with Crippen LogP contribution < -0.4 is 4.74 Å². The highest BCUT2D eigenvalue weighted by molar-refractivity contribution is 6.08. The van der Waals surface area contributed by atoms with Gasteiger partial charge in [0.2, 0.25) is 5.88 Å². The zero-order valence-corrected chi connectivity index (χ0v) is 12.4. The molecule has 0 radical (unpaired) electrons. The summed E-state index contributed by atoms with van der Waals surface area (Å²) in [5.74, 6) is 0.290. The molecule has 0 spiro atoms. The molecule has 0 aliphatic rings. The van der Waals surface area contributed by atoms with Crippen molar-refractivity contribution in [1.29, 1.82) is 5.26 Å². The minimum Gasteiger partial charge on any atom is -0.439 e. The molecule has 0 aliphatic heterocycles. The SMILES string of the molecule is N#Cc1ccc(Oc2ccc(C(=O)c3ccc(F)cc3)cc2)nc1. The molecule has 5 heteroatoms. The molecule has 0 saturated carbocycles. The fourth-order valence-corrected chi connectivity index (χ4v) is 2.07. The van der Waals surface area contributed by atoms with Gasteiger partial charge in [-0.25, -0.2) is 9.37 Å². The molecule has 0 atom stereocenters. The first kappa shape index (κ1) is 15.4. The molecule has 0 saturated heterocycles. The van der Waals surface area contributed by atoms with Gasteiger partial charge in [0.25, 0.3) is 0 Å². The summed E-state index contributed by atoms with van der Waals surface area (Å²) in [6.45, 7) is 0. The third-order valence-electron chi connectivity index (χ3n) is 3.31. The number of pyridine rings is 1. The van der Waals surface area contributed by atoms with Gasteiger partial charge < -0.3 is 4.74 Å². The Balaban J connectivity index is 1.74. The number of carbonyl (C=O) groups excluding carboxylic acids is 1. The van der Waals surface area contributed by atoms with Crippen molar-refractivity contribution >= 4 is 5.78 Å². The Morgan fingerprint density at radius 2 is 1.58 bits per heavy atom. The molecule has 0 amide bonds. The highest BCUT2D eigenvalue weighted by Crippen LogP contribution is 2.21. The molecule has 1 aromatic heterocycles. The summed E-state index contributed by atoms with van der Waals surface area (Å²) in [7, 11) is 0. The number of benzene rings is 2. The molecule has 3 aromatic rings. The van der Waals surface area contributed by atoms with Crippen LogP contribution in [0.3, 0.4) is 0 Å². The van der Waals surface area contributed by atoms with E-state index in [-0.39, 0.29) is 11.6 Å². The second-order valence-electron chi connectivity index (χ2n) is 4.96. The number of nitriles is 1. The Bertz CT molecular complexity index is 896. The van der Waals surface area contributed by atoms with Gasteiger partial charge in [-0.2, -0.15) is 5.26 Å². The molecule has 1 heterocycles. The first-order valence-corrected chi connectivity index (χ1v) is 7.10. The first-order chi connectivity index (χ1) is 11.7. The van der Waals surface area contributed by atoms with Crippen LogP contribution in [0.2, 0.25) is 0 Å². The van der Waals surface area contributed by atoms with Crippen molar-refractivity contribution < 1.29 is 13.9 Å². The summed E-state index contributed by atoms with van der Waals surface area (Å²) < 4.78 is 18.5. The van der Waals surface area contributed by atoms with Crippen LogP contribution in [0.1, 0.15) is 21.5 Å². The highest BCUT2D eigenvalue weighted by atomic mass is 19.1. The van der Waals surface area contributed by atoms with Gasteiger partial charge in [-0.3, -0.25) is 4.79 Å². The van der Waals surface area contributed by atoms with Gasteiger partial charge in [0.1, 0.15) is 17.6 Å². The number of hydrogen-bond acceptors (Lipinski definition) is 4. The zero-order valence-electron chi connectivity index (χ0n) is 12.4. The minimum absolute atomic E-state index is 0.196. The number of ether oxygens (including phenoxy) is 1. The number of ketones is 1. The third kappa shape index (κ3) is 3.45. The van der Waals surface area contributed by atoms with E-state index in [2.05, 4.69) is 4.98 Å². The van der Waals surface area contributed by atoms with E-state index in [1.165, 1.54) is 30.5 Å². The maximum absolute atomic E-state index is 12.9. The molecular weight excluding hydrogens is 307 g/mol. The zero-order chi connectivity index (χ0) is 16.9. The fraction of sp³-hybridized carbons (Fsp3) is 0. The first-order valence-electron chi connectivity index (χ1n) is 7.10. The van der Waals surface area contributed by atoms with Gasteiger partial charge in [0.05, 0.1) is 5.56 Å². The van der Waals surface area contributed by atoms with E-state index < -0.39 is 0 Å². The summed E-state index contributed by atoms with van der Waals surface area (Å²) >= 11 is 0. The monoisotopic (exact) mass is 318 g/mol. The third-order valence-corrected chi connectivity index (χ3v) is 3.31. The van der Waals surface area contributed by atoms with E-state index in [0.29, 0.717) is 28.3 Å². The second kappa shape index (κ2) is 6.71. The van der Waals surface area contributed by atoms with Crippen LogP contribution in [-0.4, -0.2) is 10.8 Å². The van der Waals surface area contributed by atoms with Crippen LogP contribution >= 0.6 is 0 Å². The maximum Gasteiger partial charge on any atom is 0.219 e. The quantitative estimate of drug-likeness (QED) is 0.679. The topological polar surface area (TPSA) is 63.0 Å². The largest absolute Gasteiger partial charge is 0.439 e. The number of aromatic nitrogens is 1. The summed E-state index contributed by atoms with van der Waals surface area (Å²) in [6, 6.07) is 17.1. The van der Waals surface area contributed by atoms with E-state index in [4.69, 9.17) is 10.00 Å². The Kier molecular flexibility index (Phi) is 4.30. The normalized spacial score (nSPS) is 10.0. The van der Waals surface area contributed by atoms with Crippen molar-refractivity contribution in [2.75, 3.05) is 0 Å². The highest BCUT2D eigenvalue weighted by Gasteiger charge is 2.09. The van der Waals surface area contributed by atoms with Gasteiger partial charge in [0, 0.05) is 23.4 Å². The van der Waals surface area contributed by atoms with E-state index in [1.807, 2.05) is 6.07 Å². The summed E-state index contributed by atoms with van der Waals surface area (Å²) in [4.78, 5) is 16.3. The lowest BCUT2D eigenvalue weighted by Crippen LogP contribution is -2.01. The van der Waals surface area contributed by atoms with E-state index in [0.717, 1.165) is 0 Å². The lowest BCUT2D eigenvalue weighted by molar-refractivity contribution is 0.103. The average Bonchev–Trinajstić information content (AvgIpc) is 2.63. The van der Waals surface area contributed by atoms with Gasteiger partial charge in [0.15, 0.2) is 5.78 Å². The summed E-state index contributed by atoms with van der Waals surface area (Å²) in [6.07, 6.45) is 1.42. The van der Waals surface area contributed by atoms with E-state index >= 15 is 0 Å². The van der Waals surface area contributed by atoms with E-state index in [1.54, 1.807) is 36.4 Å². The van der Waals surface area contributed by atoms with Crippen molar-refractivity contribution in [3.8, 4) is 17.7 Å². The molecule has 4 nitrogen and oxygen atoms in total. The second-order valence-corrected chi connectivity index (χ2v) is 4.96. The van der Waals surface area contributed by atoms with Crippen LogP contribution in [0, 0.1) is 17.1 Å². The van der Waals surface area contributed by atoms with Gasteiger partial charge in [-0.15, -0.1) is 0 Å². The molecule has 2 aromatic carbocycles. The molecule has 0 fully saturated rings. The maximum atomic E-state index is 12.9. The number of rotatable bonds is 4. The van der Waals surface area contributed by atoms with Crippen LogP contribution in [0.25, 0.3) is 0 Å². The summed E-state index contributed by atoms with van der Waals surface area (Å²) in [5.41, 5.74) is 1.34. The molecule has 0 unspecified atom stereocenters. The average molecular weight is 318 g/mol. The van der Waals surface area contributed by atoms with Crippen molar-refractivity contribution in [3.05, 3.63) is 89.4 Å². The Morgan fingerprint density at radius 3 is 2.12 bits per heavy atom. The van der Waals surface area contributed by atoms with Gasteiger partial charge >= 0.3 is 0 Å². The lowest BCUT2D eigenvalue weighted by Gasteiger charge is -2.06. The smallest absolute Gasteiger partial charge is 0.219 e. The molecule has 0 N–H and O–H groups in total. The summed E-state index contributed by atoms with van der Waals surface area (Å²) in [5, 5.41) is 8.73. The molecule has 0 aliphatic carbocycles. The number of nitrogens with zero attached hydrogens (tertiary/aromatic N) is 2. The van der Waals surface area contributed by atoms with Crippen molar-refractivity contribution in [1.82, 2.24) is 4.98 Å². The predicted molar refractivity (Wildman–Crippen MR) is 85.3 cm³/mol. The van der Waals surface area contributed by atoms with Crippen LogP contribution in [0.5, 0.6) is 11.6 Å². The molecular formula is C19H11FN2O2. The van der Waals surface area contributed by atoms with Crippen molar-refractivity contribution in [2.24, 2.45) is 0 Å². The predicted octanol–water partition coefficient (Wildman–Crippen LogP) is 4.12. The van der Waals surface area contributed by atoms with Gasteiger partial charge in [-0.05, 0) is 54.6 Å². The molecule has 24 heavy (non-hydrogen) atoms. The van der Waals surface area contributed by atoms with E-state index in [9.17, 15) is 9.18 Å². The molecule has 3 rings (SSSR count).